The number of hydrogen-bond donors (Lipinski definition) is 0. The van der Waals surface area contributed by atoms with Crippen molar-refractivity contribution in [2.24, 2.45) is 0 Å². The number of alkyl halides is 1. The molecule has 0 aliphatic carbocycles. The molecule has 19 heavy (non-hydrogen) atoms. The van der Waals surface area contributed by atoms with E-state index in [4.69, 9.17) is 11.6 Å². The van der Waals surface area contributed by atoms with Crippen molar-refractivity contribution in [3.05, 3.63) is 29.3 Å². The summed E-state index contributed by atoms with van der Waals surface area (Å²) in [5.74, 6) is 0.923. The Bertz CT molecular complexity index is 602. The van der Waals surface area contributed by atoms with Crippen LogP contribution in [-0.4, -0.2) is 22.7 Å². The number of imidazole rings is 1. The third-order valence-electron chi connectivity index (χ3n) is 3.71. The van der Waals surface area contributed by atoms with Gasteiger partial charge in [0.1, 0.15) is 11.6 Å². The third-order valence-corrected chi connectivity index (χ3v) is 3.95. The molecule has 0 spiro atoms. The number of halogens is 2. The number of aromatic nitrogens is 2. The van der Waals surface area contributed by atoms with Crippen LogP contribution in [0.1, 0.15) is 30.7 Å². The topological polar surface area (TPSA) is 21.1 Å². The summed E-state index contributed by atoms with van der Waals surface area (Å²) in [5.41, 5.74) is 2.28. The first kappa shape index (κ1) is 12.7. The molecule has 0 atom stereocenters. The molecule has 102 valence electrons. The number of fused-ring (bicyclic) bond motifs is 1. The normalized spacial score (nSPS) is 16.3. The fourth-order valence-corrected chi connectivity index (χ4v) is 2.89. The number of nitrogens with zero attached hydrogens (tertiary/aromatic N) is 3. The van der Waals surface area contributed by atoms with E-state index in [1.165, 1.54) is 25.3 Å². The molecule has 1 aliphatic heterocycles. The van der Waals surface area contributed by atoms with Crippen LogP contribution in [0.15, 0.2) is 12.1 Å². The first-order valence-corrected chi connectivity index (χ1v) is 7.23. The fourth-order valence-electron chi connectivity index (χ4n) is 2.72. The Labute approximate surface area is 116 Å². The second kappa shape index (κ2) is 5.00. The van der Waals surface area contributed by atoms with Gasteiger partial charge in [-0.15, -0.1) is 11.6 Å². The van der Waals surface area contributed by atoms with E-state index in [0.29, 0.717) is 17.0 Å². The van der Waals surface area contributed by atoms with Crippen molar-refractivity contribution in [2.75, 3.05) is 18.1 Å². The van der Waals surface area contributed by atoms with Gasteiger partial charge >= 0.3 is 0 Å². The van der Waals surface area contributed by atoms with Crippen molar-refractivity contribution in [1.82, 2.24) is 9.66 Å². The summed E-state index contributed by atoms with van der Waals surface area (Å²) in [6.45, 7) is 3.79. The quantitative estimate of drug-likeness (QED) is 0.787. The minimum Gasteiger partial charge on any atom is -0.311 e. The van der Waals surface area contributed by atoms with E-state index in [0.717, 1.165) is 24.4 Å². The average molecular weight is 282 g/mol. The maximum atomic E-state index is 13.6. The van der Waals surface area contributed by atoms with Crippen LogP contribution >= 0.6 is 11.6 Å². The fraction of sp³-hybridized carbons (Fsp3) is 0.500. The van der Waals surface area contributed by atoms with Gasteiger partial charge in [-0.2, -0.15) is 0 Å². The molecule has 5 heteroatoms. The molecule has 1 saturated heterocycles. The van der Waals surface area contributed by atoms with Crippen LogP contribution in [0.2, 0.25) is 0 Å². The van der Waals surface area contributed by atoms with E-state index >= 15 is 0 Å². The Hall–Kier alpha value is -1.29. The number of benzene rings is 1. The minimum atomic E-state index is -0.211. The van der Waals surface area contributed by atoms with Crippen molar-refractivity contribution < 1.29 is 4.39 Å². The van der Waals surface area contributed by atoms with Gasteiger partial charge < -0.3 is 5.01 Å². The molecule has 0 bridgehead atoms. The Kier molecular flexibility index (Phi) is 3.35. The van der Waals surface area contributed by atoms with Gasteiger partial charge in [0.05, 0.1) is 16.9 Å². The Morgan fingerprint density at radius 3 is 2.68 bits per heavy atom. The van der Waals surface area contributed by atoms with Gasteiger partial charge in [-0.25, -0.2) is 14.1 Å². The van der Waals surface area contributed by atoms with Gasteiger partial charge in [0.25, 0.3) is 0 Å². The standard InChI is InChI=1S/C14H17ClFN3/c1-10-7-13-12(8-11(10)16)17-14(9-15)19(13)18-5-3-2-4-6-18/h7-8H,2-6,9H2,1H3. The van der Waals surface area contributed by atoms with Crippen LogP contribution in [0.5, 0.6) is 0 Å². The van der Waals surface area contributed by atoms with Gasteiger partial charge in [0.2, 0.25) is 0 Å². The largest absolute Gasteiger partial charge is 0.311 e. The highest BCUT2D eigenvalue weighted by molar-refractivity contribution is 6.16. The van der Waals surface area contributed by atoms with E-state index < -0.39 is 0 Å². The highest BCUT2D eigenvalue weighted by atomic mass is 35.5. The predicted molar refractivity (Wildman–Crippen MR) is 75.8 cm³/mol. The molecule has 3 nitrogen and oxygen atoms in total. The highest BCUT2D eigenvalue weighted by Gasteiger charge is 2.18. The monoisotopic (exact) mass is 281 g/mol. The van der Waals surface area contributed by atoms with Gasteiger partial charge in [0, 0.05) is 19.2 Å². The van der Waals surface area contributed by atoms with E-state index in [1.54, 1.807) is 6.92 Å². The molecule has 3 rings (SSSR count). The van der Waals surface area contributed by atoms with Crippen LogP contribution in [0.25, 0.3) is 11.0 Å². The maximum Gasteiger partial charge on any atom is 0.143 e. The molecule has 1 aromatic carbocycles. The van der Waals surface area contributed by atoms with Crippen molar-refractivity contribution in [3.8, 4) is 0 Å². The van der Waals surface area contributed by atoms with Crippen LogP contribution in [0.4, 0.5) is 4.39 Å². The Morgan fingerprint density at radius 2 is 2.00 bits per heavy atom. The Morgan fingerprint density at radius 1 is 1.26 bits per heavy atom. The molecule has 0 unspecified atom stereocenters. The number of piperidine rings is 1. The van der Waals surface area contributed by atoms with Crippen LogP contribution in [0.3, 0.4) is 0 Å². The van der Waals surface area contributed by atoms with Crippen LogP contribution < -0.4 is 5.01 Å². The first-order chi connectivity index (χ1) is 9.20. The van der Waals surface area contributed by atoms with Crippen LogP contribution in [0, 0.1) is 12.7 Å². The maximum absolute atomic E-state index is 13.6. The first-order valence-electron chi connectivity index (χ1n) is 6.69. The Balaban J connectivity index is 2.16. The lowest BCUT2D eigenvalue weighted by Gasteiger charge is -2.31. The highest BCUT2D eigenvalue weighted by Crippen LogP contribution is 2.23. The minimum absolute atomic E-state index is 0.211. The lowest BCUT2D eigenvalue weighted by Crippen LogP contribution is -2.39. The molecule has 1 aliphatic rings. The van der Waals surface area contributed by atoms with E-state index in [1.807, 2.05) is 6.07 Å². The SMILES string of the molecule is Cc1cc2c(cc1F)nc(CCl)n2N1CCCCC1. The summed E-state index contributed by atoms with van der Waals surface area (Å²) in [7, 11) is 0. The molecular formula is C14H17ClFN3. The predicted octanol–water partition coefficient (Wildman–Crippen LogP) is 3.34. The second-order valence-electron chi connectivity index (χ2n) is 5.08. The summed E-state index contributed by atoms with van der Waals surface area (Å²) in [6.07, 6.45) is 3.64. The van der Waals surface area contributed by atoms with Gasteiger partial charge in [-0.1, -0.05) is 0 Å². The summed E-state index contributed by atoms with van der Waals surface area (Å²) < 4.78 is 15.7. The molecule has 0 amide bonds. The van der Waals surface area contributed by atoms with E-state index in [9.17, 15) is 4.39 Å². The molecular weight excluding hydrogens is 265 g/mol. The third kappa shape index (κ3) is 2.18. The lowest BCUT2D eigenvalue weighted by molar-refractivity contribution is 0.478. The summed E-state index contributed by atoms with van der Waals surface area (Å²) in [4.78, 5) is 4.46. The molecule has 0 saturated carbocycles. The summed E-state index contributed by atoms with van der Waals surface area (Å²) in [6, 6.07) is 3.36. The van der Waals surface area contributed by atoms with Crippen molar-refractivity contribution in [1.29, 1.82) is 0 Å². The zero-order chi connectivity index (χ0) is 13.4. The summed E-state index contributed by atoms with van der Waals surface area (Å²) >= 11 is 6.00. The molecule has 1 aromatic heterocycles. The smallest absolute Gasteiger partial charge is 0.143 e. The number of hydrogen-bond acceptors (Lipinski definition) is 2. The van der Waals surface area contributed by atoms with Gasteiger partial charge in [0.15, 0.2) is 0 Å². The molecule has 0 radical (unpaired) electrons. The van der Waals surface area contributed by atoms with E-state index in [2.05, 4.69) is 14.7 Å². The second-order valence-corrected chi connectivity index (χ2v) is 5.35. The van der Waals surface area contributed by atoms with Crippen LogP contribution in [-0.2, 0) is 5.88 Å². The van der Waals surface area contributed by atoms with E-state index in [-0.39, 0.29) is 5.82 Å². The molecule has 0 N–H and O–H groups in total. The zero-order valence-corrected chi connectivity index (χ0v) is 11.8. The van der Waals surface area contributed by atoms with Crippen molar-refractivity contribution >= 4 is 22.6 Å². The van der Waals surface area contributed by atoms with Gasteiger partial charge in [-0.05, 0) is 37.8 Å². The van der Waals surface area contributed by atoms with Crippen molar-refractivity contribution in [2.45, 2.75) is 32.1 Å². The molecule has 2 aromatic rings. The summed E-state index contributed by atoms with van der Waals surface area (Å²) in [5, 5.41) is 2.27. The average Bonchev–Trinajstić information content (AvgIpc) is 2.78. The van der Waals surface area contributed by atoms with Crippen molar-refractivity contribution in [3.63, 3.8) is 0 Å². The number of aryl methyl sites for hydroxylation is 1. The molecule has 1 fully saturated rings. The molecule has 2 heterocycles. The number of rotatable bonds is 2. The zero-order valence-electron chi connectivity index (χ0n) is 11.0. The van der Waals surface area contributed by atoms with Gasteiger partial charge in [-0.3, -0.25) is 0 Å². The lowest BCUT2D eigenvalue weighted by atomic mass is 10.1.